The number of hydrogen-bond acceptors (Lipinski definition) is 3. The van der Waals surface area contributed by atoms with Gasteiger partial charge in [-0.15, -0.1) is 0 Å². The lowest BCUT2D eigenvalue weighted by molar-refractivity contribution is -0.164. The molecule has 3 saturated carbocycles. The predicted molar refractivity (Wildman–Crippen MR) is 164 cm³/mol. The highest BCUT2D eigenvalue weighted by Gasteiger charge is 2.57. The van der Waals surface area contributed by atoms with Gasteiger partial charge in [0.25, 0.3) is 0 Å². The molecule has 4 heteroatoms. The van der Waals surface area contributed by atoms with Crippen molar-refractivity contribution in [3.63, 3.8) is 0 Å². The Bertz CT molecular complexity index is 1290. The number of benzene rings is 1. The van der Waals surface area contributed by atoms with E-state index >= 15 is 0 Å². The van der Waals surface area contributed by atoms with Crippen LogP contribution in [0, 0.1) is 34.0 Å². The number of carbonyl (C=O) groups is 1. The highest BCUT2D eigenvalue weighted by Crippen LogP contribution is 2.64. The molecule has 1 aliphatic heterocycles. The van der Waals surface area contributed by atoms with Gasteiger partial charge in [-0.1, -0.05) is 64.8 Å². The molecule has 0 spiro atoms. The minimum absolute atomic E-state index is 0.0505. The van der Waals surface area contributed by atoms with E-state index in [2.05, 4.69) is 53.3 Å². The Labute approximate surface area is 247 Å². The summed E-state index contributed by atoms with van der Waals surface area (Å²) in [5, 5.41) is 21.2. The van der Waals surface area contributed by atoms with Gasteiger partial charge in [0, 0.05) is 5.56 Å². The van der Waals surface area contributed by atoms with Crippen LogP contribution >= 0.6 is 0 Å². The molecular weight excluding hydrogens is 508 g/mol. The zero-order chi connectivity index (χ0) is 29.5. The number of aliphatic carboxylic acids is 1. The second-order valence-corrected chi connectivity index (χ2v) is 16.0. The molecule has 41 heavy (non-hydrogen) atoms. The van der Waals surface area contributed by atoms with E-state index < -0.39 is 11.4 Å². The highest BCUT2D eigenvalue weighted by atomic mass is 16.5. The number of carboxylic acids is 1. The Hall–Kier alpha value is -2.23. The van der Waals surface area contributed by atoms with Crippen molar-refractivity contribution >= 4 is 5.97 Å². The Morgan fingerprint density at radius 1 is 1.05 bits per heavy atom. The first kappa shape index (κ1) is 28.9. The molecule has 0 bridgehead atoms. The Kier molecular flexibility index (Phi) is 6.79. The van der Waals surface area contributed by atoms with E-state index in [0.29, 0.717) is 17.3 Å². The second-order valence-electron chi connectivity index (χ2n) is 16.0. The molecule has 0 amide bonds. The predicted octanol–water partition coefficient (Wildman–Crippen LogP) is 9.31. The maximum absolute atomic E-state index is 12.4. The van der Waals surface area contributed by atoms with Gasteiger partial charge < -0.3 is 14.9 Å². The minimum Gasteiger partial charge on any atom is -0.504 e. The third-order valence-corrected chi connectivity index (χ3v) is 13.4. The molecule has 4 aliphatic carbocycles. The van der Waals surface area contributed by atoms with Gasteiger partial charge in [0.15, 0.2) is 11.5 Å². The van der Waals surface area contributed by atoms with E-state index in [1.54, 1.807) is 0 Å². The molecule has 1 aromatic carbocycles. The molecule has 2 N–H and O–H groups in total. The molecule has 8 atom stereocenters. The molecule has 0 saturated heterocycles. The number of rotatable bonds is 4. The summed E-state index contributed by atoms with van der Waals surface area (Å²) in [5.74, 6) is 1.83. The van der Waals surface area contributed by atoms with E-state index in [9.17, 15) is 15.0 Å². The monoisotopic (exact) mass is 560 g/mol. The topological polar surface area (TPSA) is 66.8 Å². The number of allylic oxidation sites excluding steroid dienone is 2. The van der Waals surface area contributed by atoms with E-state index in [1.165, 1.54) is 41.5 Å². The lowest BCUT2D eigenvalue weighted by Gasteiger charge is -2.57. The van der Waals surface area contributed by atoms with Crippen LogP contribution in [0.4, 0.5) is 0 Å². The van der Waals surface area contributed by atoms with Crippen molar-refractivity contribution in [3.05, 3.63) is 47.1 Å². The lowest BCUT2D eigenvalue weighted by Crippen LogP contribution is -2.53. The van der Waals surface area contributed by atoms with Gasteiger partial charge in [0.1, 0.15) is 6.10 Å². The van der Waals surface area contributed by atoms with E-state index in [1.807, 2.05) is 13.0 Å². The van der Waals surface area contributed by atoms with Gasteiger partial charge in [0.2, 0.25) is 0 Å². The van der Waals surface area contributed by atoms with Crippen molar-refractivity contribution in [1.82, 2.24) is 0 Å². The van der Waals surface area contributed by atoms with Crippen LogP contribution in [0.15, 0.2) is 35.9 Å². The van der Waals surface area contributed by atoms with E-state index in [-0.39, 0.29) is 34.5 Å². The molecule has 3 fully saturated rings. The molecule has 0 unspecified atom stereocenters. The van der Waals surface area contributed by atoms with E-state index in [0.717, 1.165) is 57.1 Å². The van der Waals surface area contributed by atoms with Crippen molar-refractivity contribution < 1.29 is 19.7 Å². The van der Waals surface area contributed by atoms with Crippen molar-refractivity contribution in [3.8, 4) is 11.5 Å². The number of phenols is 1. The summed E-state index contributed by atoms with van der Waals surface area (Å²) in [6.45, 7) is 18.4. The third kappa shape index (κ3) is 4.24. The van der Waals surface area contributed by atoms with Gasteiger partial charge in [0.05, 0.1) is 5.41 Å². The maximum Gasteiger partial charge on any atom is 0.309 e. The fraction of sp³-hybridized carbons (Fsp3) is 0.703. The van der Waals surface area contributed by atoms with Crippen molar-refractivity contribution in [2.45, 2.75) is 130 Å². The lowest BCUT2D eigenvalue weighted by atomic mass is 9.46. The molecule has 1 heterocycles. The molecule has 0 aromatic heterocycles. The van der Waals surface area contributed by atoms with Crippen LogP contribution in [0.1, 0.15) is 129 Å². The first-order chi connectivity index (χ1) is 19.2. The van der Waals surface area contributed by atoms with Crippen molar-refractivity contribution in [1.29, 1.82) is 0 Å². The average Bonchev–Trinajstić information content (AvgIpc) is 2.90. The summed E-state index contributed by atoms with van der Waals surface area (Å²) >= 11 is 0. The van der Waals surface area contributed by atoms with Gasteiger partial charge >= 0.3 is 5.97 Å². The zero-order valence-corrected chi connectivity index (χ0v) is 26.3. The molecule has 5 aliphatic rings. The number of fused-ring (bicyclic) bond motifs is 3. The van der Waals surface area contributed by atoms with Crippen LogP contribution in [-0.4, -0.2) is 22.3 Å². The number of ether oxygens (including phenoxy) is 1. The smallest absolute Gasteiger partial charge is 0.309 e. The second kappa shape index (κ2) is 9.64. The molecule has 6 rings (SSSR count). The first-order valence-electron chi connectivity index (χ1n) is 16.3. The Morgan fingerprint density at radius 2 is 1.78 bits per heavy atom. The number of carboxylic acid groups (broad SMARTS) is 1. The van der Waals surface area contributed by atoms with Crippen LogP contribution in [0.5, 0.6) is 11.5 Å². The quantitative estimate of drug-likeness (QED) is 0.360. The standard InChI is InChI=1S/C37H52O4/c1-22-11-15-29-35(5,18-9-19-37(29,7)33(39)40)25(22)12-10-23(2)28-20-24-21-30-34(3,4)16-8-17-36(30,6)26-13-14-27(38)32(41-28)31(24)26/h10,13-14,24-25,28-30,38H,1,8-9,11-12,15-21H2,2-7H3,(H,39,40)/b23-10+/t24-,25-,28+,29+,30-,35+,36+,37+/m0/s1. The fourth-order valence-corrected chi connectivity index (χ4v) is 11.1. The molecule has 0 radical (unpaired) electrons. The van der Waals surface area contributed by atoms with Crippen molar-refractivity contribution in [2.24, 2.45) is 34.0 Å². The molecular formula is C37H52O4. The molecule has 1 aromatic rings. The summed E-state index contributed by atoms with van der Waals surface area (Å²) in [6.07, 6.45) is 13.7. The molecule has 4 nitrogen and oxygen atoms in total. The first-order valence-corrected chi connectivity index (χ1v) is 16.3. The third-order valence-electron chi connectivity index (χ3n) is 13.4. The SMILES string of the molecule is C=C1CC[C@@H]2[C@](C)(CCC[C@@]2(C)C(=O)O)[C@H]1C/C=C(\C)[C@H]1C[C@H]2C[C@H]3C(C)(C)CCC[C@]3(C)c3ccc(O)c(c32)O1. The van der Waals surface area contributed by atoms with Crippen LogP contribution in [0.2, 0.25) is 0 Å². The Balaban J connectivity index is 1.29. The average molecular weight is 561 g/mol. The summed E-state index contributed by atoms with van der Waals surface area (Å²) in [6, 6.07) is 4.07. The van der Waals surface area contributed by atoms with Crippen LogP contribution < -0.4 is 4.74 Å². The normalized spacial score (nSPS) is 41.5. The summed E-state index contributed by atoms with van der Waals surface area (Å²) in [4.78, 5) is 12.4. The van der Waals surface area contributed by atoms with E-state index in [4.69, 9.17) is 4.74 Å². The van der Waals surface area contributed by atoms with Gasteiger partial charge in [-0.25, -0.2) is 0 Å². The molecule has 224 valence electrons. The number of hydrogen-bond donors (Lipinski definition) is 2. The van der Waals surface area contributed by atoms with Crippen LogP contribution in [0.3, 0.4) is 0 Å². The summed E-state index contributed by atoms with van der Waals surface area (Å²) < 4.78 is 6.69. The Morgan fingerprint density at radius 3 is 2.51 bits per heavy atom. The number of phenolic OH excluding ortho intramolecular Hbond substituents is 1. The van der Waals surface area contributed by atoms with Crippen molar-refractivity contribution in [2.75, 3.05) is 0 Å². The van der Waals surface area contributed by atoms with Gasteiger partial charge in [-0.05, 0) is 129 Å². The minimum atomic E-state index is -0.654. The van der Waals surface area contributed by atoms with Gasteiger partial charge in [-0.3, -0.25) is 4.79 Å². The van der Waals surface area contributed by atoms with Crippen LogP contribution in [-0.2, 0) is 10.2 Å². The van der Waals surface area contributed by atoms with Crippen LogP contribution in [0.25, 0.3) is 0 Å². The highest BCUT2D eigenvalue weighted by molar-refractivity contribution is 5.75. The largest absolute Gasteiger partial charge is 0.504 e. The zero-order valence-electron chi connectivity index (χ0n) is 26.3. The summed E-state index contributed by atoms with van der Waals surface area (Å²) in [5.41, 5.74) is 4.93. The number of aromatic hydroxyl groups is 1. The summed E-state index contributed by atoms with van der Waals surface area (Å²) in [7, 11) is 0. The maximum atomic E-state index is 12.4. The van der Waals surface area contributed by atoms with Gasteiger partial charge in [-0.2, -0.15) is 0 Å². The fourth-order valence-electron chi connectivity index (χ4n) is 11.1.